The molecule has 0 bridgehead atoms. The van der Waals surface area contributed by atoms with Crippen LogP contribution in [0, 0.1) is 24.2 Å². The van der Waals surface area contributed by atoms with Crippen LogP contribution >= 0.6 is 11.6 Å². The molecule has 0 heterocycles. The Hall–Kier alpha value is -1.83. The van der Waals surface area contributed by atoms with Gasteiger partial charge >= 0.3 is 0 Å². The average molecular weight is 332 g/mol. The van der Waals surface area contributed by atoms with Crippen LogP contribution < -0.4 is 0 Å². The van der Waals surface area contributed by atoms with Gasteiger partial charge in [-0.25, -0.2) is 8.42 Å². The van der Waals surface area contributed by atoms with E-state index in [0.717, 1.165) is 11.1 Å². The highest BCUT2D eigenvalue weighted by molar-refractivity contribution is 7.92. The van der Waals surface area contributed by atoms with Gasteiger partial charge < -0.3 is 0 Å². The van der Waals surface area contributed by atoms with Gasteiger partial charge in [0.15, 0.2) is 9.84 Å². The van der Waals surface area contributed by atoms with Crippen LogP contribution in [0.2, 0.25) is 5.02 Å². The summed E-state index contributed by atoms with van der Waals surface area (Å²) in [5.74, 6) is -0.834. The molecule has 1 fully saturated rings. The molecule has 112 valence electrons. The number of benzene rings is 2. The van der Waals surface area contributed by atoms with Crippen molar-refractivity contribution in [1.29, 1.82) is 5.26 Å². The molecule has 1 aliphatic carbocycles. The van der Waals surface area contributed by atoms with Crippen LogP contribution in [0.5, 0.6) is 0 Å². The molecule has 3 nitrogen and oxygen atoms in total. The molecule has 5 heteroatoms. The van der Waals surface area contributed by atoms with E-state index in [0.29, 0.717) is 5.02 Å². The van der Waals surface area contributed by atoms with Crippen molar-refractivity contribution in [3.8, 4) is 6.07 Å². The van der Waals surface area contributed by atoms with E-state index in [-0.39, 0.29) is 10.8 Å². The van der Waals surface area contributed by atoms with Crippen LogP contribution in [0.15, 0.2) is 53.4 Å². The van der Waals surface area contributed by atoms with Gasteiger partial charge in [-0.2, -0.15) is 5.26 Å². The Balaban J connectivity index is 1.98. The highest BCUT2D eigenvalue weighted by atomic mass is 35.5. The number of nitriles is 1. The summed E-state index contributed by atoms with van der Waals surface area (Å²) < 4.78 is 25.5. The fourth-order valence-corrected chi connectivity index (χ4v) is 5.09. The van der Waals surface area contributed by atoms with Gasteiger partial charge in [-0.3, -0.25) is 0 Å². The zero-order valence-electron chi connectivity index (χ0n) is 11.9. The average Bonchev–Trinajstić information content (AvgIpc) is 3.23. The van der Waals surface area contributed by atoms with E-state index in [9.17, 15) is 13.7 Å². The standard InChI is InChI=1S/C17H14ClNO2S/c1-11-5-7-14(8-6-11)22(20,21)17-15(10-19)16(17)12-3-2-4-13(18)9-12/h2-9,15-17H,1H3/t15-,16-,17-/m1/s1. The summed E-state index contributed by atoms with van der Waals surface area (Å²) in [5, 5.41) is 9.14. The molecule has 0 aliphatic heterocycles. The van der Waals surface area contributed by atoms with Crippen molar-refractivity contribution in [3.63, 3.8) is 0 Å². The predicted octanol–water partition coefficient (Wildman–Crippen LogP) is 3.73. The Labute approximate surface area is 135 Å². The fraction of sp³-hybridized carbons (Fsp3) is 0.235. The molecular weight excluding hydrogens is 318 g/mol. The van der Waals surface area contributed by atoms with Crippen LogP contribution in [0.4, 0.5) is 0 Å². The van der Waals surface area contributed by atoms with Crippen LogP contribution in [-0.4, -0.2) is 13.7 Å². The van der Waals surface area contributed by atoms with E-state index < -0.39 is 21.0 Å². The number of rotatable bonds is 3. The second kappa shape index (κ2) is 5.42. The lowest BCUT2D eigenvalue weighted by molar-refractivity contribution is 0.593. The van der Waals surface area contributed by atoms with Crippen molar-refractivity contribution in [2.75, 3.05) is 0 Å². The molecule has 2 aromatic rings. The summed E-state index contributed by atoms with van der Waals surface area (Å²) in [6.45, 7) is 1.90. The third-order valence-electron chi connectivity index (χ3n) is 4.04. The lowest BCUT2D eigenvalue weighted by atomic mass is 10.1. The Kier molecular flexibility index (Phi) is 3.72. The number of aryl methyl sites for hydroxylation is 1. The van der Waals surface area contributed by atoms with E-state index in [2.05, 4.69) is 6.07 Å². The quantitative estimate of drug-likeness (QED) is 0.861. The molecule has 1 saturated carbocycles. The fourth-order valence-electron chi connectivity index (χ4n) is 2.82. The molecule has 0 unspecified atom stereocenters. The molecule has 0 radical (unpaired) electrons. The third kappa shape index (κ3) is 2.51. The highest BCUT2D eigenvalue weighted by Crippen LogP contribution is 2.53. The van der Waals surface area contributed by atoms with Crippen molar-refractivity contribution < 1.29 is 8.42 Å². The van der Waals surface area contributed by atoms with Crippen molar-refractivity contribution in [2.45, 2.75) is 23.0 Å². The molecule has 0 amide bonds. The minimum Gasteiger partial charge on any atom is -0.223 e. The lowest BCUT2D eigenvalue weighted by Crippen LogP contribution is -2.10. The van der Waals surface area contributed by atoms with Crippen molar-refractivity contribution in [2.24, 2.45) is 5.92 Å². The van der Waals surface area contributed by atoms with Crippen LogP contribution in [0.3, 0.4) is 0 Å². The molecule has 3 atom stereocenters. The Morgan fingerprint density at radius 2 is 1.82 bits per heavy atom. The lowest BCUT2D eigenvalue weighted by Gasteiger charge is -2.05. The maximum Gasteiger partial charge on any atom is 0.183 e. The van der Waals surface area contributed by atoms with Gasteiger partial charge in [0.2, 0.25) is 0 Å². The molecule has 22 heavy (non-hydrogen) atoms. The zero-order valence-corrected chi connectivity index (χ0v) is 13.5. The van der Waals surface area contributed by atoms with E-state index in [1.54, 1.807) is 42.5 Å². The first-order valence-electron chi connectivity index (χ1n) is 6.91. The monoisotopic (exact) mass is 331 g/mol. The zero-order chi connectivity index (χ0) is 15.9. The molecule has 3 rings (SSSR count). The normalized spacial score (nSPS) is 23.8. The Bertz CT molecular complexity index is 853. The van der Waals surface area contributed by atoms with Crippen molar-refractivity contribution in [3.05, 3.63) is 64.7 Å². The van der Waals surface area contributed by atoms with Gasteiger partial charge in [0.1, 0.15) is 0 Å². The summed E-state index contributed by atoms with van der Waals surface area (Å²) in [4.78, 5) is 0.271. The molecule has 2 aromatic carbocycles. The first kappa shape index (κ1) is 15.1. The van der Waals surface area contributed by atoms with Gasteiger partial charge in [-0.1, -0.05) is 41.4 Å². The molecule has 0 N–H and O–H groups in total. The van der Waals surface area contributed by atoms with E-state index in [4.69, 9.17) is 11.6 Å². The van der Waals surface area contributed by atoms with E-state index in [1.165, 1.54) is 0 Å². The van der Waals surface area contributed by atoms with Crippen LogP contribution in [0.25, 0.3) is 0 Å². The van der Waals surface area contributed by atoms with Gasteiger partial charge in [-0.05, 0) is 36.8 Å². The largest absolute Gasteiger partial charge is 0.223 e. The molecule has 0 saturated heterocycles. The van der Waals surface area contributed by atoms with Crippen molar-refractivity contribution >= 4 is 21.4 Å². The number of hydrogen-bond donors (Lipinski definition) is 0. The topological polar surface area (TPSA) is 57.9 Å². The predicted molar refractivity (Wildman–Crippen MR) is 85.4 cm³/mol. The van der Waals surface area contributed by atoms with Crippen molar-refractivity contribution in [1.82, 2.24) is 0 Å². The first-order chi connectivity index (χ1) is 10.4. The molecule has 1 aliphatic rings. The summed E-state index contributed by atoms with van der Waals surface area (Å²) >= 11 is 5.97. The van der Waals surface area contributed by atoms with Crippen LogP contribution in [0.1, 0.15) is 17.0 Å². The maximum atomic E-state index is 12.8. The number of nitrogens with zero attached hydrogens (tertiary/aromatic N) is 1. The second-order valence-electron chi connectivity index (χ2n) is 5.56. The minimum atomic E-state index is -3.52. The van der Waals surface area contributed by atoms with Gasteiger partial charge in [0.25, 0.3) is 0 Å². The Morgan fingerprint density at radius 3 is 2.41 bits per heavy atom. The van der Waals surface area contributed by atoms with Crippen LogP contribution in [-0.2, 0) is 9.84 Å². The van der Waals surface area contributed by atoms with Gasteiger partial charge in [0, 0.05) is 10.9 Å². The number of sulfone groups is 1. The number of hydrogen-bond acceptors (Lipinski definition) is 3. The minimum absolute atomic E-state index is 0.271. The van der Waals surface area contributed by atoms with E-state index in [1.807, 2.05) is 13.0 Å². The molecule has 0 spiro atoms. The summed E-state index contributed by atoms with van der Waals surface area (Å²) in [7, 11) is -3.52. The molecular formula is C17H14ClNO2S. The first-order valence-corrected chi connectivity index (χ1v) is 8.83. The number of halogens is 1. The summed E-state index contributed by atoms with van der Waals surface area (Å²) in [6.07, 6.45) is 0. The molecule has 0 aromatic heterocycles. The highest BCUT2D eigenvalue weighted by Gasteiger charge is 2.59. The third-order valence-corrected chi connectivity index (χ3v) is 6.51. The second-order valence-corrected chi connectivity index (χ2v) is 8.10. The van der Waals surface area contributed by atoms with E-state index >= 15 is 0 Å². The van der Waals surface area contributed by atoms with Gasteiger partial charge in [-0.15, -0.1) is 0 Å². The Morgan fingerprint density at radius 1 is 1.14 bits per heavy atom. The summed E-state index contributed by atoms with van der Waals surface area (Å²) in [5.41, 5.74) is 1.80. The summed E-state index contributed by atoms with van der Waals surface area (Å²) in [6, 6.07) is 15.9. The SMILES string of the molecule is Cc1ccc(S(=O)(=O)[C@@H]2[C@H](C#N)[C@H]2c2cccc(Cl)c2)cc1. The smallest absolute Gasteiger partial charge is 0.183 e. The van der Waals surface area contributed by atoms with Gasteiger partial charge in [0.05, 0.1) is 22.1 Å². The maximum absolute atomic E-state index is 12.8.